The van der Waals surface area contributed by atoms with Gasteiger partial charge in [0.1, 0.15) is 18.1 Å². The summed E-state index contributed by atoms with van der Waals surface area (Å²) in [5, 5.41) is 3.12. The Labute approximate surface area is 205 Å². The first-order valence-electron chi connectivity index (χ1n) is 11.6. The molecule has 8 nitrogen and oxygen atoms in total. The second-order valence-corrected chi connectivity index (χ2v) is 8.19. The highest BCUT2D eigenvalue weighted by atomic mass is 16.5. The number of ether oxygens (including phenoxy) is 4. The van der Waals surface area contributed by atoms with Crippen LogP contribution in [0.2, 0.25) is 0 Å². The van der Waals surface area contributed by atoms with Gasteiger partial charge >= 0.3 is 0 Å². The summed E-state index contributed by atoms with van der Waals surface area (Å²) in [6.45, 7) is 4.04. The molecule has 2 aromatic carbocycles. The molecular weight excluding hydrogens is 446 g/mol. The molecule has 8 heteroatoms. The minimum Gasteiger partial charge on any atom is -0.493 e. The van der Waals surface area contributed by atoms with E-state index in [1.807, 2.05) is 60.7 Å². The fourth-order valence-electron chi connectivity index (χ4n) is 3.93. The van der Waals surface area contributed by atoms with E-state index in [2.05, 4.69) is 15.2 Å². The van der Waals surface area contributed by atoms with Gasteiger partial charge in [-0.1, -0.05) is 24.3 Å². The summed E-state index contributed by atoms with van der Waals surface area (Å²) < 4.78 is 22.1. The van der Waals surface area contributed by atoms with Crippen molar-refractivity contribution in [2.45, 2.75) is 6.04 Å². The number of rotatable bonds is 10. The van der Waals surface area contributed by atoms with E-state index < -0.39 is 0 Å². The maximum atomic E-state index is 13.2. The average Bonchev–Trinajstić information content (AvgIpc) is 2.92. The fourth-order valence-corrected chi connectivity index (χ4v) is 3.93. The van der Waals surface area contributed by atoms with Crippen LogP contribution in [0.3, 0.4) is 0 Å². The molecule has 4 rings (SSSR count). The molecule has 3 aromatic rings. The van der Waals surface area contributed by atoms with Crippen LogP contribution in [0.25, 0.3) is 11.3 Å². The van der Waals surface area contributed by atoms with Crippen molar-refractivity contribution in [3.05, 3.63) is 72.4 Å². The van der Waals surface area contributed by atoms with Crippen molar-refractivity contribution in [3.63, 3.8) is 0 Å². The molecule has 0 aliphatic carbocycles. The highest BCUT2D eigenvalue weighted by molar-refractivity contribution is 5.93. The lowest BCUT2D eigenvalue weighted by Gasteiger charge is -2.30. The summed E-state index contributed by atoms with van der Waals surface area (Å²) in [6.07, 6.45) is 0. The highest BCUT2D eigenvalue weighted by Gasteiger charge is 2.21. The Morgan fingerprint density at radius 1 is 1.00 bits per heavy atom. The van der Waals surface area contributed by atoms with Gasteiger partial charge in [0, 0.05) is 25.2 Å². The number of amides is 1. The molecule has 1 fully saturated rings. The third-order valence-electron chi connectivity index (χ3n) is 5.77. The predicted molar refractivity (Wildman–Crippen MR) is 133 cm³/mol. The molecular formula is C27H31N3O5. The van der Waals surface area contributed by atoms with Crippen LogP contribution in [0.15, 0.2) is 66.7 Å². The molecule has 2 heterocycles. The summed E-state index contributed by atoms with van der Waals surface area (Å²) in [4.78, 5) is 20.1. The molecule has 184 valence electrons. The maximum Gasteiger partial charge on any atom is 0.270 e. The zero-order valence-electron chi connectivity index (χ0n) is 20.1. The maximum absolute atomic E-state index is 13.2. The molecule has 0 spiro atoms. The van der Waals surface area contributed by atoms with Gasteiger partial charge in [-0.25, -0.2) is 4.98 Å². The SMILES string of the molecule is COc1ccc(-c2cccc(C(=O)NC(COc3ccccc3)CN3CCOCC3)n2)cc1OC. The van der Waals surface area contributed by atoms with Gasteiger partial charge in [-0.05, 0) is 42.5 Å². The minimum atomic E-state index is -0.248. The lowest BCUT2D eigenvalue weighted by Crippen LogP contribution is -2.50. The minimum absolute atomic E-state index is 0.215. The van der Waals surface area contributed by atoms with Crippen molar-refractivity contribution < 1.29 is 23.7 Å². The molecule has 1 amide bonds. The van der Waals surface area contributed by atoms with Crippen LogP contribution < -0.4 is 19.5 Å². The van der Waals surface area contributed by atoms with E-state index in [0.29, 0.717) is 49.3 Å². The zero-order chi connectivity index (χ0) is 24.5. The van der Waals surface area contributed by atoms with Crippen LogP contribution in [-0.4, -0.2) is 75.5 Å². The third-order valence-corrected chi connectivity index (χ3v) is 5.77. The van der Waals surface area contributed by atoms with Gasteiger partial charge in [0.15, 0.2) is 11.5 Å². The number of carbonyl (C=O) groups is 1. The van der Waals surface area contributed by atoms with E-state index in [9.17, 15) is 4.79 Å². The molecule has 1 aliphatic heterocycles. The van der Waals surface area contributed by atoms with Crippen LogP contribution >= 0.6 is 0 Å². The first-order valence-corrected chi connectivity index (χ1v) is 11.6. The molecule has 0 saturated carbocycles. The third kappa shape index (κ3) is 6.71. The van der Waals surface area contributed by atoms with Gasteiger partial charge in [0.25, 0.3) is 5.91 Å². The number of morpholine rings is 1. The molecule has 1 aromatic heterocycles. The summed E-state index contributed by atoms with van der Waals surface area (Å²) in [6, 6.07) is 20.3. The van der Waals surface area contributed by atoms with E-state index >= 15 is 0 Å². The van der Waals surface area contributed by atoms with Crippen molar-refractivity contribution in [3.8, 4) is 28.5 Å². The predicted octanol–water partition coefficient (Wildman–Crippen LogP) is 3.28. The van der Waals surface area contributed by atoms with Crippen molar-refractivity contribution in [1.29, 1.82) is 0 Å². The summed E-state index contributed by atoms with van der Waals surface area (Å²) >= 11 is 0. The zero-order valence-corrected chi connectivity index (χ0v) is 20.1. The number of methoxy groups -OCH3 is 2. The Morgan fingerprint density at radius 3 is 2.51 bits per heavy atom. The van der Waals surface area contributed by atoms with Crippen molar-refractivity contribution in [1.82, 2.24) is 15.2 Å². The highest BCUT2D eigenvalue weighted by Crippen LogP contribution is 2.31. The normalized spacial score (nSPS) is 14.7. The molecule has 1 aliphatic rings. The molecule has 0 bridgehead atoms. The number of hydrogen-bond acceptors (Lipinski definition) is 7. The Morgan fingerprint density at radius 2 is 1.77 bits per heavy atom. The number of benzene rings is 2. The molecule has 1 atom stereocenters. The first-order chi connectivity index (χ1) is 17.2. The van der Waals surface area contributed by atoms with Crippen molar-refractivity contribution in [2.75, 3.05) is 53.7 Å². The van der Waals surface area contributed by atoms with Crippen LogP contribution in [0.5, 0.6) is 17.2 Å². The van der Waals surface area contributed by atoms with E-state index in [4.69, 9.17) is 18.9 Å². The fraction of sp³-hybridized carbons (Fsp3) is 0.333. The van der Waals surface area contributed by atoms with Gasteiger partial charge < -0.3 is 24.3 Å². The number of hydrogen-bond donors (Lipinski definition) is 1. The van der Waals surface area contributed by atoms with E-state index in [0.717, 1.165) is 24.4 Å². The lowest BCUT2D eigenvalue weighted by molar-refractivity contribution is 0.0304. The number of pyridine rings is 1. The molecule has 1 N–H and O–H groups in total. The number of nitrogens with zero attached hydrogens (tertiary/aromatic N) is 2. The number of nitrogens with one attached hydrogen (secondary N) is 1. The molecule has 1 unspecified atom stereocenters. The van der Waals surface area contributed by atoms with Crippen molar-refractivity contribution in [2.24, 2.45) is 0 Å². The summed E-state index contributed by atoms with van der Waals surface area (Å²) in [7, 11) is 3.18. The second kappa shape index (κ2) is 12.2. The van der Waals surface area contributed by atoms with Gasteiger partial charge in [-0.3, -0.25) is 9.69 Å². The van der Waals surface area contributed by atoms with Gasteiger partial charge in [-0.15, -0.1) is 0 Å². The Bertz CT molecular complexity index is 1100. The second-order valence-electron chi connectivity index (χ2n) is 8.19. The quantitative estimate of drug-likeness (QED) is 0.480. The standard InChI is InChI=1S/C27H31N3O5/c1-32-25-12-11-20(17-26(25)33-2)23-9-6-10-24(29-23)27(31)28-21(18-30-13-15-34-16-14-30)19-35-22-7-4-3-5-8-22/h3-12,17,21H,13-16,18-19H2,1-2H3,(H,28,31). The topological polar surface area (TPSA) is 82.2 Å². The molecule has 35 heavy (non-hydrogen) atoms. The summed E-state index contributed by atoms with van der Waals surface area (Å²) in [5.41, 5.74) is 1.84. The Balaban J connectivity index is 1.48. The van der Waals surface area contributed by atoms with Crippen LogP contribution in [0.4, 0.5) is 0 Å². The van der Waals surface area contributed by atoms with E-state index in [-0.39, 0.29) is 11.9 Å². The number of aromatic nitrogens is 1. The van der Waals surface area contributed by atoms with Crippen LogP contribution in [0, 0.1) is 0 Å². The Hall–Kier alpha value is -3.62. The van der Waals surface area contributed by atoms with E-state index in [1.54, 1.807) is 20.3 Å². The Kier molecular flexibility index (Phi) is 8.53. The smallest absolute Gasteiger partial charge is 0.270 e. The number of carbonyl (C=O) groups excluding carboxylic acids is 1. The van der Waals surface area contributed by atoms with Crippen LogP contribution in [0.1, 0.15) is 10.5 Å². The van der Waals surface area contributed by atoms with Crippen LogP contribution in [-0.2, 0) is 4.74 Å². The lowest BCUT2D eigenvalue weighted by atomic mass is 10.1. The first kappa shape index (κ1) is 24.5. The largest absolute Gasteiger partial charge is 0.493 e. The monoisotopic (exact) mass is 477 g/mol. The van der Waals surface area contributed by atoms with Gasteiger partial charge in [0.2, 0.25) is 0 Å². The average molecular weight is 478 g/mol. The van der Waals surface area contributed by atoms with Gasteiger partial charge in [0.05, 0.1) is 39.2 Å². The molecule has 0 radical (unpaired) electrons. The van der Waals surface area contributed by atoms with Gasteiger partial charge in [-0.2, -0.15) is 0 Å². The van der Waals surface area contributed by atoms with E-state index in [1.165, 1.54) is 0 Å². The number of para-hydroxylation sites is 1. The van der Waals surface area contributed by atoms with Crippen molar-refractivity contribution >= 4 is 5.91 Å². The summed E-state index contributed by atoms with van der Waals surface area (Å²) in [5.74, 6) is 1.75. The molecule has 1 saturated heterocycles.